The number of carbonyl (C=O) groups is 1. The third kappa shape index (κ3) is 4.44. The molecule has 0 unspecified atom stereocenters. The van der Waals surface area contributed by atoms with Gasteiger partial charge in [-0.05, 0) is 43.2 Å². The largest absolute Gasteiger partial charge is 0.322 e. The van der Waals surface area contributed by atoms with E-state index in [1.165, 1.54) is 6.07 Å². The first-order valence-corrected chi connectivity index (χ1v) is 7.98. The Morgan fingerprint density at radius 2 is 1.88 bits per heavy atom. The highest BCUT2D eigenvalue weighted by molar-refractivity contribution is 6.40. The molecule has 2 rings (SSSR count). The van der Waals surface area contributed by atoms with Gasteiger partial charge in [0.15, 0.2) is 11.6 Å². The fourth-order valence-corrected chi connectivity index (χ4v) is 2.57. The lowest BCUT2D eigenvalue weighted by molar-refractivity contribution is -0.115. The highest BCUT2D eigenvalue weighted by Gasteiger charge is 2.14. The Morgan fingerprint density at radius 3 is 2.54 bits per heavy atom. The third-order valence-electron chi connectivity index (χ3n) is 3.56. The maximum atomic E-state index is 13.2. The van der Waals surface area contributed by atoms with Gasteiger partial charge in [-0.3, -0.25) is 4.79 Å². The molecule has 0 bridgehead atoms. The van der Waals surface area contributed by atoms with Crippen LogP contribution >= 0.6 is 23.2 Å². The summed E-state index contributed by atoms with van der Waals surface area (Å²) in [6, 6.07) is 6.67. The fourth-order valence-electron chi connectivity index (χ4n) is 2.10. The van der Waals surface area contributed by atoms with Gasteiger partial charge in [0, 0.05) is 6.04 Å². The Labute approximate surface area is 149 Å². The quantitative estimate of drug-likeness (QED) is 0.785. The predicted molar refractivity (Wildman–Crippen MR) is 92.6 cm³/mol. The molecular weight excluding hydrogens is 357 g/mol. The molecule has 0 saturated heterocycles. The molecule has 0 fully saturated rings. The summed E-state index contributed by atoms with van der Waals surface area (Å²) in [7, 11) is 0. The van der Waals surface area contributed by atoms with Crippen LogP contribution in [0.5, 0.6) is 0 Å². The van der Waals surface area contributed by atoms with Gasteiger partial charge in [-0.25, -0.2) is 8.78 Å². The number of hydrogen-bond donors (Lipinski definition) is 2. The van der Waals surface area contributed by atoms with Crippen LogP contribution in [-0.4, -0.2) is 12.5 Å². The van der Waals surface area contributed by atoms with E-state index in [1.54, 1.807) is 26.0 Å². The minimum atomic E-state index is -0.927. The molecule has 0 spiro atoms. The van der Waals surface area contributed by atoms with Crippen molar-refractivity contribution < 1.29 is 13.6 Å². The second-order valence-electron chi connectivity index (χ2n) is 5.38. The van der Waals surface area contributed by atoms with Crippen molar-refractivity contribution in [2.45, 2.75) is 19.9 Å². The maximum absolute atomic E-state index is 13.2. The molecule has 0 heterocycles. The lowest BCUT2D eigenvalue weighted by atomic mass is 10.1. The van der Waals surface area contributed by atoms with Crippen molar-refractivity contribution in [1.82, 2.24) is 5.32 Å². The Kier molecular flexibility index (Phi) is 6.15. The van der Waals surface area contributed by atoms with Crippen molar-refractivity contribution in [2.24, 2.45) is 0 Å². The highest BCUT2D eigenvalue weighted by atomic mass is 35.5. The topological polar surface area (TPSA) is 41.1 Å². The van der Waals surface area contributed by atoms with Crippen molar-refractivity contribution in [1.29, 1.82) is 0 Å². The summed E-state index contributed by atoms with van der Waals surface area (Å²) < 4.78 is 26.2. The normalized spacial score (nSPS) is 12.1. The second kappa shape index (κ2) is 7.92. The molecule has 2 aromatic carbocycles. The molecule has 1 atom stereocenters. The van der Waals surface area contributed by atoms with E-state index in [0.29, 0.717) is 21.3 Å². The monoisotopic (exact) mass is 372 g/mol. The number of halogens is 4. The molecule has 3 nitrogen and oxygen atoms in total. The Hall–Kier alpha value is -1.69. The summed E-state index contributed by atoms with van der Waals surface area (Å²) in [6.45, 7) is 3.51. The van der Waals surface area contributed by atoms with Gasteiger partial charge in [0.25, 0.3) is 0 Å². The van der Waals surface area contributed by atoms with Crippen molar-refractivity contribution in [3.63, 3.8) is 0 Å². The van der Waals surface area contributed by atoms with Crippen LogP contribution in [0.15, 0.2) is 30.3 Å². The average molecular weight is 373 g/mol. The zero-order valence-electron chi connectivity index (χ0n) is 13.1. The predicted octanol–water partition coefficient (Wildman–Crippen LogP) is 4.87. The summed E-state index contributed by atoms with van der Waals surface area (Å²) in [5.41, 5.74) is 1.68. The number of benzene rings is 2. The molecule has 0 aliphatic heterocycles. The first kappa shape index (κ1) is 18.6. The number of nitrogens with one attached hydrogen (secondary N) is 2. The third-order valence-corrected chi connectivity index (χ3v) is 4.36. The van der Waals surface area contributed by atoms with Crippen molar-refractivity contribution in [2.75, 3.05) is 11.9 Å². The molecule has 0 aliphatic carbocycles. The average Bonchev–Trinajstić information content (AvgIpc) is 2.55. The molecule has 1 amide bonds. The van der Waals surface area contributed by atoms with Gasteiger partial charge in [0.05, 0.1) is 22.3 Å². The molecule has 2 aromatic rings. The van der Waals surface area contributed by atoms with E-state index in [4.69, 9.17) is 23.2 Å². The van der Waals surface area contributed by atoms with Gasteiger partial charge in [0.2, 0.25) is 5.91 Å². The molecule has 0 aromatic heterocycles. The van der Waals surface area contributed by atoms with Crippen molar-refractivity contribution in [3.05, 3.63) is 63.1 Å². The smallest absolute Gasteiger partial charge is 0.238 e. The van der Waals surface area contributed by atoms with Crippen LogP contribution in [0.1, 0.15) is 24.1 Å². The van der Waals surface area contributed by atoms with Gasteiger partial charge in [-0.1, -0.05) is 35.3 Å². The lowest BCUT2D eigenvalue weighted by Crippen LogP contribution is -2.30. The van der Waals surface area contributed by atoms with E-state index in [2.05, 4.69) is 10.6 Å². The molecule has 24 heavy (non-hydrogen) atoms. The van der Waals surface area contributed by atoms with Crippen LogP contribution in [0, 0.1) is 18.6 Å². The zero-order valence-corrected chi connectivity index (χ0v) is 14.6. The van der Waals surface area contributed by atoms with Gasteiger partial charge in [0.1, 0.15) is 0 Å². The minimum Gasteiger partial charge on any atom is -0.322 e. The highest BCUT2D eigenvalue weighted by Crippen LogP contribution is 2.32. The van der Waals surface area contributed by atoms with Crippen LogP contribution in [0.3, 0.4) is 0 Å². The van der Waals surface area contributed by atoms with Crippen LogP contribution < -0.4 is 10.6 Å². The van der Waals surface area contributed by atoms with Crippen LogP contribution in [0.4, 0.5) is 14.5 Å². The number of anilines is 1. The van der Waals surface area contributed by atoms with E-state index in [1.807, 2.05) is 0 Å². The van der Waals surface area contributed by atoms with Gasteiger partial charge in [-0.15, -0.1) is 0 Å². The number of hydrogen-bond acceptors (Lipinski definition) is 2. The van der Waals surface area contributed by atoms with E-state index in [0.717, 1.165) is 17.7 Å². The van der Waals surface area contributed by atoms with Gasteiger partial charge in [-0.2, -0.15) is 0 Å². The standard InChI is InChI=1S/C17H16Cl2F2N2O/c1-9-3-5-12(18)17(16(9)19)23-15(24)8-22-10(2)11-4-6-13(20)14(21)7-11/h3-7,10,22H,8H2,1-2H3,(H,23,24)/t10-/m1/s1. The summed E-state index contributed by atoms with van der Waals surface area (Å²) >= 11 is 12.2. The van der Waals surface area contributed by atoms with Crippen molar-refractivity contribution >= 4 is 34.8 Å². The summed E-state index contributed by atoms with van der Waals surface area (Å²) in [4.78, 5) is 12.1. The van der Waals surface area contributed by atoms with E-state index in [-0.39, 0.29) is 18.5 Å². The van der Waals surface area contributed by atoms with E-state index in [9.17, 15) is 13.6 Å². The first-order valence-electron chi connectivity index (χ1n) is 7.22. The second-order valence-corrected chi connectivity index (χ2v) is 6.16. The maximum Gasteiger partial charge on any atom is 0.238 e. The molecular formula is C17H16Cl2F2N2O. The molecule has 0 aliphatic rings. The molecule has 128 valence electrons. The van der Waals surface area contributed by atoms with E-state index >= 15 is 0 Å². The van der Waals surface area contributed by atoms with Crippen LogP contribution in [-0.2, 0) is 4.79 Å². The van der Waals surface area contributed by atoms with Crippen LogP contribution in [0.25, 0.3) is 0 Å². The van der Waals surface area contributed by atoms with Gasteiger partial charge >= 0.3 is 0 Å². The molecule has 0 saturated carbocycles. The fraction of sp³-hybridized carbons (Fsp3) is 0.235. The number of rotatable bonds is 5. The minimum absolute atomic E-state index is 0.0409. The Bertz CT molecular complexity index is 768. The summed E-state index contributed by atoms with van der Waals surface area (Å²) in [5, 5.41) is 6.30. The molecule has 2 N–H and O–H groups in total. The summed E-state index contributed by atoms with van der Waals surface area (Å²) in [6.07, 6.45) is 0. The Balaban J connectivity index is 1.98. The number of aryl methyl sites for hydroxylation is 1. The zero-order chi connectivity index (χ0) is 17.9. The molecule has 7 heteroatoms. The number of amides is 1. The van der Waals surface area contributed by atoms with Crippen LogP contribution in [0.2, 0.25) is 10.0 Å². The van der Waals surface area contributed by atoms with E-state index < -0.39 is 11.6 Å². The Morgan fingerprint density at radius 1 is 1.17 bits per heavy atom. The number of carbonyl (C=O) groups excluding carboxylic acids is 1. The van der Waals surface area contributed by atoms with Gasteiger partial charge < -0.3 is 10.6 Å². The SMILES string of the molecule is Cc1ccc(Cl)c(NC(=O)CN[C@H](C)c2ccc(F)c(F)c2)c1Cl. The first-order chi connectivity index (χ1) is 11.3. The summed E-state index contributed by atoms with van der Waals surface area (Å²) in [5.74, 6) is -2.19. The lowest BCUT2D eigenvalue weighted by Gasteiger charge is -2.15. The van der Waals surface area contributed by atoms with Crippen molar-refractivity contribution in [3.8, 4) is 0 Å². The molecule has 0 radical (unpaired) electrons.